The van der Waals surface area contributed by atoms with Crippen molar-refractivity contribution in [2.45, 2.75) is 25.9 Å². The van der Waals surface area contributed by atoms with E-state index in [0.717, 1.165) is 0 Å². The third kappa shape index (κ3) is 4.01. The number of aromatic nitrogens is 5. The number of fused-ring (bicyclic) bond motifs is 3. The summed E-state index contributed by atoms with van der Waals surface area (Å²) in [5.41, 5.74) is 0.388. The van der Waals surface area contributed by atoms with Gasteiger partial charge in [-0.25, -0.2) is 9.97 Å². The molecule has 4 heterocycles. The fourth-order valence-corrected chi connectivity index (χ4v) is 3.76. The fraction of sp³-hybridized carbons (Fsp3) is 0.556. The predicted molar refractivity (Wildman–Crippen MR) is 97.1 cm³/mol. The van der Waals surface area contributed by atoms with Gasteiger partial charge in [0.1, 0.15) is 24.2 Å². The lowest BCUT2D eigenvalue weighted by atomic mass is 10.1. The molecule has 0 saturated carbocycles. The van der Waals surface area contributed by atoms with Crippen LogP contribution in [0.15, 0.2) is 24.9 Å². The van der Waals surface area contributed by atoms with Crippen molar-refractivity contribution in [3.63, 3.8) is 0 Å². The molecule has 28 heavy (non-hydrogen) atoms. The highest BCUT2D eigenvalue weighted by atomic mass is 16.5. The van der Waals surface area contributed by atoms with Crippen molar-refractivity contribution in [2.24, 2.45) is 5.92 Å². The molecule has 2 aliphatic rings. The number of rotatable bonds is 4. The number of aryl methyl sites for hydroxylation is 2. The van der Waals surface area contributed by atoms with Gasteiger partial charge in [0, 0.05) is 44.7 Å². The molecule has 0 radical (unpaired) electrons. The molecule has 0 spiro atoms. The molecule has 2 bridgehead atoms. The van der Waals surface area contributed by atoms with E-state index in [9.17, 15) is 9.59 Å². The van der Waals surface area contributed by atoms with Gasteiger partial charge in [-0.1, -0.05) is 0 Å². The van der Waals surface area contributed by atoms with Gasteiger partial charge >= 0.3 is 0 Å². The van der Waals surface area contributed by atoms with Crippen LogP contribution in [0.25, 0.3) is 0 Å². The van der Waals surface area contributed by atoms with Gasteiger partial charge in [0.2, 0.25) is 5.91 Å². The zero-order chi connectivity index (χ0) is 19.5. The minimum atomic E-state index is -0.159. The van der Waals surface area contributed by atoms with Gasteiger partial charge in [-0.3, -0.25) is 9.59 Å². The Morgan fingerprint density at radius 3 is 2.79 bits per heavy atom. The van der Waals surface area contributed by atoms with E-state index in [1.54, 1.807) is 41.3 Å². The van der Waals surface area contributed by atoms with E-state index in [-0.39, 0.29) is 23.8 Å². The molecule has 10 nitrogen and oxygen atoms in total. The second-order valence-electron chi connectivity index (χ2n) is 7.25. The van der Waals surface area contributed by atoms with Crippen molar-refractivity contribution < 1.29 is 14.3 Å². The fourth-order valence-electron chi connectivity index (χ4n) is 3.76. The Balaban J connectivity index is 1.47. The number of amides is 2. The van der Waals surface area contributed by atoms with Crippen molar-refractivity contribution >= 4 is 11.8 Å². The summed E-state index contributed by atoms with van der Waals surface area (Å²) in [5, 5.41) is 7.52. The minimum Gasteiger partial charge on any atom is -0.379 e. The molecule has 2 aromatic heterocycles. The van der Waals surface area contributed by atoms with Gasteiger partial charge < -0.3 is 19.1 Å². The maximum absolute atomic E-state index is 13.0. The molecule has 2 amide bonds. The van der Waals surface area contributed by atoms with Gasteiger partial charge in [0.25, 0.3) is 5.91 Å². The maximum atomic E-state index is 13.0. The molecular formula is C18H23N7O3. The van der Waals surface area contributed by atoms with Gasteiger partial charge in [-0.05, 0) is 13.0 Å². The van der Waals surface area contributed by atoms with E-state index in [2.05, 4.69) is 20.2 Å². The molecule has 4 rings (SSSR count). The minimum absolute atomic E-state index is 0.0568. The molecule has 0 aromatic carbocycles. The molecule has 0 aliphatic carbocycles. The smallest absolute Gasteiger partial charge is 0.272 e. The van der Waals surface area contributed by atoms with Crippen molar-refractivity contribution in [3.05, 3.63) is 36.4 Å². The Kier molecular flexibility index (Phi) is 5.29. The number of carbonyl (C=O) groups excluding carboxylic acids is 2. The van der Waals surface area contributed by atoms with Crippen LogP contribution in [0.1, 0.15) is 22.7 Å². The Hall–Kier alpha value is -2.88. The summed E-state index contributed by atoms with van der Waals surface area (Å²) in [7, 11) is 0. The average molecular weight is 385 g/mol. The molecule has 0 unspecified atom stereocenters. The van der Waals surface area contributed by atoms with Crippen LogP contribution in [-0.4, -0.2) is 85.2 Å². The van der Waals surface area contributed by atoms with Crippen LogP contribution < -0.4 is 0 Å². The standard InChI is InChI=1S/C18H23N7O3/c1-13-19-4-2-16(22-13)18(27)24-6-14-7-25(15(8-24)10-28-9-14)17(26)3-5-23-11-20-21-12-23/h2,4,11-12,14-15H,3,5-10H2,1H3/t14-,15-/m0/s1. The maximum Gasteiger partial charge on any atom is 0.272 e. The lowest BCUT2D eigenvalue weighted by Gasteiger charge is -2.31. The second-order valence-corrected chi connectivity index (χ2v) is 7.25. The lowest BCUT2D eigenvalue weighted by Crippen LogP contribution is -2.48. The number of carbonyl (C=O) groups is 2. The first kappa shape index (κ1) is 18.5. The highest BCUT2D eigenvalue weighted by Gasteiger charge is 2.37. The predicted octanol–water partition coefficient (Wildman–Crippen LogP) is -0.234. The molecule has 2 aliphatic heterocycles. The van der Waals surface area contributed by atoms with Crippen LogP contribution in [0.5, 0.6) is 0 Å². The average Bonchev–Trinajstić information content (AvgIpc) is 3.03. The Bertz CT molecular complexity index is 841. The van der Waals surface area contributed by atoms with Crippen molar-refractivity contribution in [1.82, 2.24) is 34.5 Å². The molecular weight excluding hydrogens is 362 g/mol. The van der Waals surface area contributed by atoms with Crippen LogP contribution >= 0.6 is 0 Å². The summed E-state index contributed by atoms with van der Waals surface area (Å²) < 4.78 is 7.55. The van der Waals surface area contributed by atoms with Gasteiger partial charge in [-0.2, -0.15) is 0 Å². The quantitative estimate of drug-likeness (QED) is 0.715. The van der Waals surface area contributed by atoms with Crippen LogP contribution in [0, 0.1) is 12.8 Å². The molecule has 2 atom stereocenters. The first-order valence-corrected chi connectivity index (χ1v) is 9.38. The van der Waals surface area contributed by atoms with Gasteiger partial charge in [0.05, 0.1) is 19.3 Å². The highest BCUT2D eigenvalue weighted by molar-refractivity contribution is 5.92. The zero-order valence-corrected chi connectivity index (χ0v) is 15.8. The van der Waals surface area contributed by atoms with E-state index >= 15 is 0 Å². The normalized spacial score (nSPS) is 22.0. The van der Waals surface area contributed by atoms with Crippen molar-refractivity contribution in [3.8, 4) is 0 Å². The third-order valence-electron chi connectivity index (χ3n) is 5.12. The van der Waals surface area contributed by atoms with Crippen molar-refractivity contribution in [1.29, 1.82) is 0 Å². The second kappa shape index (κ2) is 8.01. The number of hydrogen-bond acceptors (Lipinski definition) is 7. The Morgan fingerprint density at radius 1 is 1.18 bits per heavy atom. The number of hydrogen-bond donors (Lipinski definition) is 0. The van der Waals surface area contributed by atoms with Gasteiger partial charge in [0.15, 0.2) is 0 Å². The van der Waals surface area contributed by atoms with Crippen LogP contribution in [0.2, 0.25) is 0 Å². The zero-order valence-electron chi connectivity index (χ0n) is 15.8. The van der Waals surface area contributed by atoms with E-state index in [0.29, 0.717) is 57.3 Å². The summed E-state index contributed by atoms with van der Waals surface area (Å²) >= 11 is 0. The van der Waals surface area contributed by atoms with E-state index in [1.807, 2.05) is 4.90 Å². The molecule has 0 N–H and O–H groups in total. The van der Waals surface area contributed by atoms with Crippen LogP contribution in [0.3, 0.4) is 0 Å². The Labute approximate surface area is 162 Å². The largest absolute Gasteiger partial charge is 0.379 e. The molecule has 2 fully saturated rings. The summed E-state index contributed by atoms with van der Waals surface area (Å²) in [6.45, 7) is 4.85. The third-order valence-corrected chi connectivity index (χ3v) is 5.12. The SMILES string of the molecule is Cc1nccc(C(=O)N2C[C@@H]3COC[C@H](C2)N(C(=O)CCn2cnnc2)C3)n1. The lowest BCUT2D eigenvalue weighted by molar-refractivity contribution is -0.134. The topological polar surface area (TPSA) is 106 Å². The van der Waals surface area contributed by atoms with Crippen LogP contribution in [0.4, 0.5) is 0 Å². The molecule has 2 saturated heterocycles. The summed E-state index contributed by atoms with van der Waals surface area (Å²) in [6, 6.07) is 1.47. The first-order chi connectivity index (χ1) is 13.6. The van der Waals surface area contributed by atoms with Crippen molar-refractivity contribution in [2.75, 3.05) is 32.8 Å². The number of nitrogens with zero attached hydrogens (tertiary/aromatic N) is 7. The van der Waals surface area contributed by atoms with Gasteiger partial charge in [-0.15, -0.1) is 10.2 Å². The highest BCUT2D eigenvalue weighted by Crippen LogP contribution is 2.22. The monoisotopic (exact) mass is 385 g/mol. The number of ether oxygens (including phenoxy) is 1. The first-order valence-electron chi connectivity index (χ1n) is 9.38. The molecule has 148 valence electrons. The van der Waals surface area contributed by atoms with E-state index in [1.165, 1.54) is 0 Å². The van der Waals surface area contributed by atoms with Crippen LogP contribution in [-0.2, 0) is 16.1 Å². The Morgan fingerprint density at radius 2 is 2.00 bits per heavy atom. The van der Waals surface area contributed by atoms with E-state index < -0.39 is 0 Å². The molecule has 2 aromatic rings. The van der Waals surface area contributed by atoms with E-state index in [4.69, 9.17) is 4.74 Å². The molecule has 10 heteroatoms. The summed E-state index contributed by atoms with van der Waals surface area (Å²) in [6.07, 6.45) is 5.15. The summed E-state index contributed by atoms with van der Waals surface area (Å²) in [4.78, 5) is 37.8. The summed E-state index contributed by atoms with van der Waals surface area (Å²) in [5.74, 6) is 0.579.